The van der Waals surface area contributed by atoms with Crippen LogP contribution in [0.4, 0.5) is 17.1 Å². The molecule has 0 saturated heterocycles. The molecule has 0 aliphatic carbocycles. The van der Waals surface area contributed by atoms with Gasteiger partial charge in [-0.1, -0.05) is 6.07 Å². The molecule has 2 aromatic rings. The molecule has 0 aliphatic heterocycles. The van der Waals surface area contributed by atoms with Gasteiger partial charge in [0.15, 0.2) is 0 Å². The lowest BCUT2D eigenvalue weighted by Crippen LogP contribution is -2.29. The smallest absolute Gasteiger partial charge is 0.314 e. The molecule has 0 spiro atoms. The Kier molecular flexibility index (Phi) is 5.59. The summed E-state index contributed by atoms with van der Waals surface area (Å²) in [6.45, 7) is 1.89. The average Bonchev–Trinajstić information content (AvgIpc) is 2.50. The van der Waals surface area contributed by atoms with Crippen molar-refractivity contribution in [2.24, 2.45) is 0 Å². The summed E-state index contributed by atoms with van der Waals surface area (Å²) in [5.74, 6) is -1.39. The van der Waals surface area contributed by atoms with Crippen LogP contribution in [-0.2, 0) is 9.59 Å². The normalized spacial score (nSPS) is 10.1. The highest BCUT2D eigenvalue weighted by molar-refractivity contribution is 14.1. The van der Waals surface area contributed by atoms with E-state index in [9.17, 15) is 9.59 Å². The number of hydrogen-bond donors (Lipinski definition) is 2. The zero-order valence-corrected chi connectivity index (χ0v) is 15.3. The van der Waals surface area contributed by atoms with E-state index in [1.54, 1.807) is 18.2 Å². The monoisotopic (exact) mass is 423 g/mol. The lowest BCUT2D eigenvalue weighted by atomic mass is 10.2. The number of nitrogens with one attached hydrogen (secondary N) is 2. The van der Waals surface area contributed by atoms with Crippen LogP contribution in [0, 0.1) is 10.5 Å². The summed E-state index contributed by atoms with van der Waals surface area (Å²) >= 11 is 2.20. The summed E-state index contributed by atoms with van der Waals surface area (Å²) in [6, 6.07) is 12.9. The second-order valence-electron chi connectivity index (χ2n) is 5.31. The molecule has 0 atom stereocenters. The molecule has 2 N–H and O–H groups in total. The second kappa shape index (κ2) is 7.45. The van der Waals surface area contributed by atoms with Gasteiger partial charge >= 0.3 is 11.8 Å². The fourth-order valence-electron chi connectivity index (χ4n) is 2.00. The number of carbonyl (C=O) groups excluding carboxylic acids is 2. The molecule has 0 radical (unpaired) electrons. The van der Waals surface area contributed by atoms with Crippen LogP contribution in [0.15, 0.2) is 42.5 Å². The Bertz CT molecular complexity index is 744. The molecule has 2 aromatic carbocycles. The van der Waals surface area contributed by atoms with Gasteiger partial charge in [-0.05, 0) is 71.5 Å². The summed E-state index contributed by atoms with van der Waals surface area (Å²) in [7, 11) is 3.82. The third-order valence-electron chi connectivity index (χ3n) is 3.26. The minimum atomic E-state index is -0.696. The van der Waals surface area contributed by atoms with Gasteiger partial charge in [0.2, 0.25) is 0 Å². The molecule has 23 heavy (non-hydrogen) atoms. The topological polar surface area (TPSA) is 61.4 Å². The fraction of sp³-hybridized carbons (Fsp3) is 0.176. The van der Waals surface area contributed by atoms with E-state index in [1.807, 2.05) is 50.2 Å². The Morgan fingerprint density at radius 3 is 2.35 bits per heavy atom. The predicted octanol–water partition coefficient (Wildman–Crippen LogP) is 3.24. The lowest BCUT2D eigenvalue weighted by Gasteiger charge is -2.14. The van der Waals surface area contributed by atoms with E-state index >= 15 is 0 Å². The van der Waals surface area contributed by atoms with Crippen LogP contribution >= 0.6 is 22.6 Å². The van der Waals surface area contributed by atoms with Gasteiger partial charge in [-0.2, -0.15) is 0 Å². The van der Waals surface area contributed by atoms with Crippen molar-refractivity contribution >= 4 is 51.5 Å². The summed E-state index contributed by atoms with van der Waals surface area (Å²) in [5.41, 5.74) is 3.06. The molecular weight excluding hydrogens is 405 g/mol. The molecule has 5 nitrogen and oxygen atoms in total. The minimum Gasteiger partial charge on any atom is -0.378 e. The number of carbonyl (C=O) groups is 2. The highest BCUT2D eigenvalue weighted by Crippen LogP contribution is 2.19. The van der Waals surface area contributed by atoms with E-state index in [0.29, 0.717) is 11.4 Å². The largest absolute Gasteiger partial charge is 0.378 e. The van der Waals surface area contributed by atoms with Gasteiger partial charge in [0, 0.05) is 34.7 Å². The first-order valence-electron chi connectivity index (χ1n) is 7.02. The number of halogens is 1. The van der Waals surface area contributed by atoms with E-state index in [1.165, 1.54) is 0 Å². The molecule has 2 rings (SSSR count). The lowest BCUT2D eigenvalue weighted by molar-refractivity contribution is -0.133. The van der Waals surface area contributed by atoms with Gasteiger partial charge in [-0.15, -0.1) is 0 Å². The van der Waals surface area contributed by atoms with Gasteiger partial charge in [0.25, 0.3) is 0 Å². The predicted molar refractivity (Wildman–Crippen MR) is 102 cm³/mol. The molecule has 0 saturated carbocycles. The number of nitrogens with zero attached hydrogens (tertiary/aromatic N) is 1. The van der Waals surface area contributed by atoms with Crippen molar-refractivity contribution in [1.29, 1.82) is 0 Å². The van der Waals surface area contributed by atoms with Crippen molar-refractivity contribution in [3.8, 4) is 0 Å². The van der Waals surface area contributed by atoms with Crippen LogP contribution in [0.3, 0.4) is 0 Å². The minimum absolute atomic E-state index is 0.579. The van der Waals surface area contributed by atoms with Crippen LogP contribution in [0.1, 0.15) is 5.56 Å². The molecule has 6 heteroatoms. The molecule has 0 heterocycles. The molecule has 0 unspecified atom stereocenters. The van der Waals surface area contributed by atoms with E-state index in [4.69, 9.17) is 0 Å². The quantitative estimate of drug-likeness (QED) is 0.589. The number of benzene rings is 2. The van der Waals surface area contributed by atoms with Gasteiger partial charge < -0.3 is 15.5 Å². The van der Waals surface area contributed by atoms with Crippen molar-refractivity contribution in [2.45, 2.75) is 6.92 Å². The summed E-state index contributed by atoms with van der Waals surface area (Å²) in [5, 5.41) is 5.24. The van der Waals surface area contributed by atoms with Crippen molar-refractivity contribution < 1.29 is 9.59 Å². The fourth-order valence-corrected chi connectivity index (χ4v) is 2.64. The highest BCUT2D eigenvalue weighted by Gasteiger charge is 2.15. The van der Waals surface area contributed by atoms with Crippen LogP contribution in [0.25, 0.3) is 0 Å². The van der Waals surface area contributed by atoms with Crippen molar-refractivity contribution in [1.82, 2.24) is 0 Å². The first-order chi connectivity index (χ1) is 10.9. The van der Waals surface area contributed by atoms with Crippen LogP contribution in [0.5, 0.6) is 0 Å². The number of hydrogen-bond acceptors (Lipinski definition) is 3. The summed E-state index contributed by atoms with van der Waals surface area (Å²) in [4.78, 5) is 26.0. The Morgan fingerprint density at radius 1 is 1.00 bits per heavy atom. The van der Waals surface area contributed by atoms with E-state index in [0.717, 1.165) is 14.8 Å². The van der Waals surface area contributed by atoms with Crippen molar-refractivity contribution in [3.63, 3.8) is 0 Å². The SMILES string of the molecule is Cc1cc(I)ccc1NC(=O)C(=O)Nc1cccc(N(C)C)c1. The number of anilines is 3. The van der Waals surface area contributed by atoms with E-state index in [2.05, 4.69) is 33.2 Å². The molecule has 120 valence electrons. The highest BCUT2D eigenvalue weighted by atomic mass is 127. The maximum Gasteiger partial charge on any atom is 0.314 e. The second-order valence-corrected chi connectivity index (χ2v) is 6.56. The molecule has 0 bridgehead atoms. The molecular formula is C17H18IN3O2. The standard InChI is InChI=1S/C17H18IN3O2/c1-11-9-12(18)7-8-15(11)20-17(23)16(22)19-13-5-4-6-14(10-13)21(2)3/h4-10H,1-3H3,(H,19,22)(H,20,23). The number of aryl methyl sites for hydroxylation is 1. The van der Waals surface area contributed by atoms with Crippen molar-refractivity contribution in [2.75, 3.05) is 29.6 Å². The van der Waals surface area contributed by atoms with Gasteiger partial charge in [0.1, 0.15) is 0 Å². The van der Waals surface area contributed by atoms with Crippen LogP contribution in [-0.4, -0.2) is 25.9 Å². The molecule has 2 amide bonds. The third kappa shape index (κ3) is 4.69. The van der Waals surface area contributed by atoms with E-state index in [-0.39, 0.29) is 0 Å². The maximum atomic E-state index is 12.0. The van der Waals surface area contributed by atoms with Crippen LogP contribution < -0.4 is 15.5 Å². The van der Waals surface area contributed by atoms with Gasteiger partial charge in [-0.3, -0.25) is 9.59 Å². The zero-order valence-electron chi connectivity index (χ0n) is 13.2. The van der Waals surface area contributed by atoms with Crippen molar-refractivity contribution in [3.05, 3.63) is 51.6 Å². The van der Waals surface area contributed by atoms with Gasteiger partial charge in [0.05, 0.1) is 0 Å². The summed E-state index contributed by atoms with van der Waals surface area (Å²) < 4.78 is 1.07. The first-order valence-corrected chi connectivity index (χ1v) is 8.10. The number of rotatable bonds is 3. The average molecular weight is 423 g/mol. The zero-order chi connectivity index (χ0) is 17.0. The first kappa shape index (κ1) is 17.3. The Balaban J connectivity index is 2.05. The Labute approximate surface area is 149 Å². The van der Waals surface area contributed by atoms with Crippen LogP contribution in [0.2, 0.25) is 0 Å². The molecule has 0 fully saturated rings. The van der Waals surface area contributed by atoms with E-state index < -0.39 is 11.8 Å². The summed E-state index contributed by atoms with van der Waals surface area (Å²) in [6.07, 6.45) is 0. The van der Waals surface area contributed by atoms with Gasteiger partial charge in [-0.25, -0.2) is 0 Å². The maximum absolute atomic E-state index is 12.0. The molecule has 0 aromatic heterocycles. The third-order valence-corrected chi connectivity index (χ3v) is 3.93. The Hall–Kier alpha value is -2.09. The Morgan fingerprint density at radius 2 is 1.70 bits per heavy atom. The molecule has 0 aliphatic rings. The number of amides is 2.